The van der Waals surface area contributed by atoms with Crippen molar-refractivity contribution in [3.63, 3.8) is 0 Å². The van der Waals surface area contributed by atoms with Crippen LogP contribution in [0.5, 0.6) is 0 Å². The summed E-state index contributed by atoms with van der Waals surface area (Å²) in [6.07, 6.45) is 2.07. The van der Waals surface area contributed by atoms with Gasteiger partial charge in [0.2, 0.25) is 0 Å². The Kier molecular flexibility index (Phi) is 6.06. The summed E-state index contributed by atoms with van der Waals surface area (Å²) in [5.41, 5.74) is 13.6. The molecule has 2 N–H and O–H groups in total. The molecule has 4 aromatic carbocycles. The van der Waals surface area contributed by atoms with E-state index in [0.29, 0.717) is 0 Å². The Labute approximate surface area is 245 Å². The molecule has 0 saturated heterocycles. The second-order valence-electron chi connectivity index (χ2n) is 11.4. The number of benzene rings is 4. The molecule has 0 spiro atoms. The molecule has 8 rings (SSSR count). The lowest BCUT2D eigenvalue weighted by Gasteiger charge is -2.19. The average Bonchev–Trinajstić information content (AvgIpc) is 3.52. The standard InChI is InChI=1S/C36H34N4S/c1-23-9-3-5-13-29(23)39-31-17-19-37-21-27(31)25-11-7-15-33(35(25)39)41-34-16-8-12-26-28-22-38-20-18-32(28)40(36(26)34)30-14-6-4-10-24(30)2/h3-16,37-38H,17-22H2,1-2H3. The average molecular weight is 555 g/mol. The molecule has 2 aliphatic heterocycles. The van der Waals surface area contributed by atoms with Gasteiger partial charge in [-0.2, -0.15) is 0 Å². The van der Waals surface area contributed by atoms with E-state index in [2.05, 4.69) is 119 Å². The third-order valence-electron chi connectivity index (χ3n) is 8.95. The van der Waals surface area contributed by atoms with E-state index in [4.69, 9.17) is 0 Å². The first kappa shape index (κ1) is 25.0. The van der Waals surface area contributed by atoms with Crippen LogP contribution in [-0.4, -0.2) is 22.2 Å². The molecule has 0 bridgehead atoms. The maximum atomic E-state index is 3.64. The zero-order chi connectivity index (χ0) is 27.5. The van der Waals surface area contributed by atoms with Crippen LogP contribution < -0.4 is 10.6 Å². The minimum absolute atomic E-state index is 0.921. The van der Waals surface area contributed by atoms with Crippen LogP contribution in [0.4, 0.5) is 0 Å². The number of para-hydroxylation sites is 4. The van der Waals surface area contributed by atoms with Crippen LogP contribution in [-0.2, 0) is 25.9 Å². The summed E-state index contributed by atoms with van der Waals surface area (Å²) in [6, 6.07) is 31.4. The lowest BCUT2D eigenvalue weighted by molar-refractivity contribution is 0.631. The zero-order valence-electron chi connectivity index (χ0n) is 23.6. The highest BCUT2D eigenvalue weighted by molar-refractivity contribution is 7.99. The van der Waals surface area contributed by atoms with E-state index in [0.717, 1.165) is 39.0 Å². The highest BCUT2D eigenvalue weighted by Crippen LogP contribution is 2.44. The zero-order valence-corrected chi connectivity index (χ0v) is 24.4. The van der Waals surface area contributed by atoms with Gasteiger partial charge in [-0.15, -0.1) is 0 Å². The first-order valence-corrected chi connectivity index (χ1v) is 15.5. The Morgan fingerprint density at radius 3 is 1.49 bits per heavy atom. The van der Waals surface area contributed by atoms with Gasteiger partial charge in [0, 0.05) is 82.3 Å². The number of hydrogen-bond donors (Lipinski definition) is 2. The number of rotatable bonds is 4. The summed E-state index contributed by atoms with van der Waals surface area (Å²) < 4.78 is 5.14. The number of nitrogens with one attached hydrogen (secondary N) is 2. The molecule has 0 saturated carbocycles. The van der Waals surface area contributed by atoms with E-state index < -0.39 is 0 Å². The van der Waals surface area contributed by atoms with Crippen LogP contribution in [0.25, 0.3) is 33.2 Å². The molecule has 0 radical (unpaired) electrons. The quantitative estimate of drug-likeness (QED) is 0.235. The van der Waals surface area contributed by atoms with Gasteiger partial charge in [0.15, 0.2) is 0 Å². The van der Waals surface area contributed by atoms with E-state index in [9.17, 15) is 0 Å². The molecule has 6 aromatic rings. The van der Waals surface area contributed by atoms with Gasteiger partial charge in [-0.25, -0.2) is 0 Å². The first-order chi connectivity index (χ1) is 20.2. The molecule has 0 atom stereocenters. The normalized spacial score (nSPS) is 14.9. The second-order valence-corrected chi connectivity index (χ2v) is 12.4. The molecule has 5 heteroatoms. The van der Waals surface area contributed by atoms with Gasteiger partial charge in [0.05, 0.1) is 11.0 Å². The molecule has 2 aliphatic rings. The Balaban J connectivity index is 1.40. The number of hydrogen-bond acceptors (Lipinski definition) is 3. The molecular formula is C36H34N4S. The number of nitrogens with zero attached hydrogens (tertiary/aromatic N) is 2. The van der Waals surface area contributed by atoms with Crippen molar-refractivity contribution in [1.29, 1.82) is 0 Å². The van der Waals surface area contributed by atoms with E-state index in [-0.39, 0.29) is 0 Å². The molecule has 0 unspecified atom stereocenters. The molecule has 0 aliphatic carbocycles. The third kappa shape index (κ3) is 3.91. The Morgan fingerprint density at radius 2 is 1.02 bits per heavy atom. The molecule has 4 nitrogen and oxygen atoms in total. The molecule has 2 aromatic heterocycles. The van der Waals surface area contributed by atoms with Crippen LogP contribution in [0.2, 0.25) is 0 Å². The minimum Gasteiger partial charge on any atom is -0.312 e. The third-order valence-corrected chi connectivity index (χ3v) is 10.0. The molecule has 204 valence electrons. The van der Waals surface area contributed by atoms with Crippen LogP contribution in [0, 0.1) is 13.8 Å². The van der Waals surface area contributed by atoms with Gasteiger partial charge in [0.1, 0.15) is 0 Å². The topological polar surface area (TPSA) is 33.9 Å². The van der Waals surface area contributed by atoms with Crippen molar-refractivity contribution in [2.75, 3.05) is 13.1 Å². The lowest BCUT2D eigenvalue weighted by atomic mass is 10.1. The van der Waals surface area contributed by atoms with E-state index >= 15 is 0 Å². The van der Waals surface area contributed by atoms with Crippen molar-refractivity contribution in [1.82, 2.24) is 19.8 Å². The number of aromatic nitrogens is 2. The van der Waals surface area contributed by atoms with Crippen molar-refractivity contribution >= 4 is 33.6 Å². The van der Waals surface area contributed by atoms with E-state index in [1.165, 1.54) is 76.6 Å². The lowest BCUT2D eigenvalue weighted by Crippen LogP contribution is -2.24. The summed E-state index contributed by atoms with van der Waals surface area (Å²) in [5.74, 6) is 0. The minimum atomic E-state index is 0.921. The summed E-state index contributed by atoms with van der Waals surface area (Å²) in [5, 5.41) is 10.0. The van der Waals surface area contributed by atoms with Crippen LogP contribution in [0.3, 0.4) is 0 Å². The SMILES string of the molecule is Cc1ccccc1-n1c2c(c3cccc(Sc4cccc5c6c(n(-c7ccccc7C)c45)CCNC6)c31)CNCC2. The van der Waals surface area contributed by atoms with Gasteiger partial charge in [-0.3, -0.25) is 0 Å². The molecule has 41 heavy (non-hydrogen) atoms. The summed E-state index contributed by atoms with van der Waals surface area (Å²) in [7, 11) is 0. The van der Waals surface area contributed by atoms with Gasteiger partial charge in [-0.05, 0) is 60.4 Å². The number of aryl methyl sites for hydroxylation is 2. The van der Waals surface area contributed by atoms with Crippen molar-refractivity contribution in [3.05, 3.63) is 119 Å². The first-order valence-electron chi connectivity index (χ1n) is 14.7. The van der Waals surface area contributed by atoms with Gasteiger partial charge < -0.3 is 19.8 Å². The fraction of sp³-hybridized carbons (Fsp3) is 0.222. The van der Waals surface area contributed by atoms with E-state index in [1.54, 1.807) is 0 Å². The fourth-order valence-corrected chi connectivity index (χ4v) is 8.17. The summed E-state index contributed by atoms with van der Waals surface area (Å²) in [4.78, 5) is 2.61. The van der Waals surface area contributed by atoms with Gasteiger partial charge in [-0.1, -0.05) is 72.4 Å². The fourth-order valence-electron chi connectivity index (χ4n) is 7.05. The summed E-state index contributed by atoms with van der Waals surface area (Å²) >= 11 is 1.92. The van der Waals surface area contributed by atoms with Crippen LogP contribution in [0.15, 0.2) is 94.7 Å². The molecule has 4 heterocycles. The predicted octanol–water partition coefficient (Wildman–Crippen LogP) is 7.63. The van der Waals surface area contributed by atoms with Crippen LogP contribution in [0.1, 0.15) is 33.6 Å². The Hall–Kier alpha value is -3.77. The van der Waals surface area contributed by atoms with Crippen molar-refractivity contribution in [2.45, 2.75) is 49.6 Å². The predicted molar refractivity (Wildman–Crippen MR) is 171 cm³/mol. The smallest absolute Gasteiger partial charge is 0.0674 e. The largest absolute Gasteiger partial charge is 0.312 e. The van der Waals surface area contributed by atoms with Crippen molar-refractivity contribution in [3.8, 4) is 11.4 Å². The Morgan fingerprint density at radius 1 is 0.561 bits per heavy atom. The molecule has 0 fully saturated rings. The maximum absolute atomic E-state index is 3.64. The Bertz CT molecular complexity index is 1820. The van der Waals surface area contributed by atoms with E-state index in [1.807, 2.05) is 11.8 Å². The van der Waals surface area contributed by atoms with Crippen molar-refractivity contribution < 1.29 is 0 Å². The van der Waals surface area contributed by atoms with Gasteiger partial charge in [0.25, 0.3) is 0 Å². The van der Waals surface area contributed by atoms with Crippen molar-refractivity contribution in [2.24, 2.45) is 0 Å². The highest BCUT2D eigenvalue weighted by atomic mass is 32.2. The van der Waals surface area contributed by atoms with Gasteiger partial charge >= 0.3 is 0 Å². The van der Waals surface area contributed by atoms with Crippen LogP contribution >= 0.6 is 11.8 Å². The summed E-state index contributed by atoms with van der Waals surface area (Å²) in [6.45, 7) is 8.34. The maximum Gasteiger partial charge on any atom is 0.0674 e. The second kappa shape index (κ2) is 9.95. The molecule has 0 amide bonds. The highest BCUT2D eigenvalue weighted by Gasteiger charge is 2.26. The molecular weight excluding hydrogens is 520 g/mol. The number of fused-ring (bicyclic) bond motifs is 6. The monoisotopic (exact) mass is 554 g/mol.